The molecule has 0 bridgehead atoms. The van der Waals surface area contributed by atoms with Crippen LogP contribution in [0.1, 0.15) is 41.3 Å². The van der Waals surface area contributed by atoms with E-state index in [0.29, 0.717) is 11.2 Å². The lowest BCUT2D eigenvalue weighted by molar-refractivity contribution is 0.0953. The molecule has 0 saturated carbocycles. The minimum absolute atomic E-state index is 0.0746. The summed E-state index contributed by atoms with van der Waals surface area (Å²) in [6, 6.07) is 4.09. The van der Waals surface area contributed by atoms with Crippen molar-refractivity contribution in [2.75, 3.05) is 6.61 Å². The maximum absolute atomic E-state index is 12.7. The maximum atomic E-state index is 12.7. The Labute approximate surface area is 191 Å². The SMILES string of the molecule is Cc1sc2nc(C(C)Sc3nnc(-c4cccs4)n3CC3CCCO3)[nH]c(=O)c2c1C. The fraction of sp³-hybridized carbons (Fsp3) is 0.429. The molecular formula is C21H23N5O2S3. The molecule has 5 heterocycles. The molecule has 4 aromatic rings. The topological polar surface area (TPSA) is 85.7 Å². The van der Waals surface area contributed by atoms with E-state index in [4.69, 9.17) is 9.72 Å². The monoisotopic (exact) mass is 473 g/mol. The third-order valence-corrected chi connectivity index (χ3v) is 8.65. The summed E-state index contributed by atoms with van der Waals surface area (Å²) in [5.41, 5.74) is 0.937. The van der Waals surface area contributed by atoms with Gasteiger partial charge in [0, 0.05) is 11.5 Å². The molecule has 31 heavy (non-hydrogen) atoms. The van der Waals surface area contributed by atoms with Gasteiger partial charge in [-0.25, -0.2) is 4.98 Å². The van der Waals surface area contributed by atoms with E-state index in [2.05, 4.69) is 25.8 Å². The first kappa shape index (κ1) is 20.9. The summed E-state index contributed by atoms with van der Waals surface area (Å²) in [7, 11) is 0. The number of H-pyrrole nitrogens is 1. The van der Waals surface area contributed by atoms with E-state index in [0.717, 1.165) is 57.1 Å². The predicted molar refractivity (Wildman–Crippen MR) is 126 cm³/mol. The molecule has 5 rings (SSSR count). The van der Waals surface area contributed by atoms with E-state index < -0.39 is 0 Å². The molecule has 1 N–H and O–H groups in total. The van der Waals surface area contributed by atoms with Gasteiger partial charge in [0.25, 0.3) is 5.56 Å². The molecule has 2 unspecified atom stereocenters. The van der Waals surface area contributed by atoms with Gasteiger partial charge in [-0.2, -0.15) is 0 Å². The van der Waals surface area contributed by atoms with Crippen molar-refractivity contribution in [3.8, 4) is 10.7 Å². The molecular weight excluding hydrogens is 450 g/mol. The van der Waals surface area contributed by atoms with Crippen LogP contribution in [0.5, 0.6) is 0 Å². The quantitative estimate of drug-likeness (QED) is 0.399. The van der Waals surface area contributed by atoms with Crippen molar-refractivity contribution in [2.45, 2.75) is 56.7 Å². The molecule has 1 saturated heterocycles. The Bertz CT molecular complexity index is 1270. The van der Waals surface area contributed by atoms with Crippen LogP contribution in [0.2, 0.25) is 0 Å². The number of thiophene rings is 2. The Morgan fingerprint density at radius 2 is 2.26 bits per heavy atom. The zero-order valence-electron chi connectivity index (χ0n) is 17.5. The van der Waals surface area contributed by atoms with E-state index in [1.165, 1.54) is 0 Å². The van der Waals surface area contributed by atoms with Crippen molar-refractivity contribution in [3.05, 3.63) is 44.1 Å². The summed E-state index contributed by atoms with van der Waals surface area (Å²) in [6.07, 6.45) is 2.31. The van der Waals surface area contributed by atoms with E-state index in [-0.39, 0.29) is 16.9 Å². The minimum Gasteiger partial charge on any atom is -0.376 e. The van der Waals surface area contributed by atoms with Gasteiger partial charge >= 0.3 is 0 Å². The van der Waals surface area contributed by atoms with E-state index >= 15 is 0 Å². The first-order valence-corrected chi connectivity index (χ1v) is 12.8. The number of nitrogens with one attached hydrogen (secondary N) is 1. The summed E-state index contributed by atoms with van der Waals surface area (Å²) in [6.45, 7) is 7.58. The number of hydrogen-bond acceptors (Lipinski definition) is 8. The van der Waals surface area contributed by atoms with Crippen LogP contribution in [-0.2, 0) is 11.3 Å². The van der Waals surface area contributed by atoms with Crippen LogP contribution in [0.15, 0.2) is 27.5 Å². The summed E-state index contributed by atoms with van der Waals surface area (Å²) in [5.74, 6) is 1.52. The highest BCUT2D eigenvalue weighted by molar-refractivity contribution is 7.99. The lowest BCUT2D eigenvalue weighted by Gasteiger charge is -2.16. The van der Waals surface area contributed by atoms with Crippen molar-refractivity contribution >= 4 is 44.7 Å². The average molecular weight is 474 g/mol. The number of rotatable bonds is 6. The number of ether oxygens (including phenoxy) is 1. The van der Waals surface area contributed by atoms with Crippen molar-refractivity contribution in [2.24, 2.45) is 0 Å². The van der Waals surface area contributed by atoms with Gasteiger partial charge in [-0.3, -0.25) is 9.36 Å². The molecule has 4 aromatic heterocycles. The van der Waals surface area contributed by atoms with Crippen LogP contribution < -0.4 is 5.56 Å². The first-order chi connectivity index (χ1) is 15.0. The van der Waals surface area contributed by atoms with Crippen molar-refractivity contribution in [1.29, 1.82) is 0 Å². The third-order valence-electron chi connectivity index (χ3n) is 5.59. The molecule has 162 valence electrons. The Morgan fingerprint density at radius 1 is 1.39 bits per heavy atom. The minimum atomic E-state index is -0.0801. The number of thioether (sulfide) groups is 1. The molecule has 1 aliphatic rings. The Morgan fingerprint density at radius 3 is 3.00 bits per heavy atom. The van der Waals surface area contributed by atoms with Crippen LogP contribution in [0.4, 0.5) is 0 Å². The molecule has 10 heteroatoms. The largest absolute Gasteiger partial charge is 0.376 e. The van der Waals surface area contributed by atoms with E-state index in [1.54, 1.807) is 34.4 Å². The Hall–Kier alpha value is -2.01. The molecule has 0 spiro atoms. The fourth-order valence-corrected chi connectivity index (χ4v) is 6.47. The van der Waals surface area contributed by atoms with Crippen molar-refractivity contribution in [1.82, 2.24) is 24.7 Å². The number of aromatic amines is 1. The summed E-state index contributed by atoms with van der Waals surface area (Å²) >= 11 is 4.78. The predicted octanol–water partition coefficient (Wildman–Crippen LogP) is 4.95. The van der Waals surface area contributed by atoms with Crippen LogP contribution >= 0.6 is 34.4 Å². The highest BCUT2D eigenvalue weighted by Gasteiger charge is 2.24. The van der Waals surface area contributed by atoms with Gasteiger partial charge in [-0.05, 0) is 50.6 Å². The molecule has 1 aliphatic heterocycles. The second-order valence-corrected chi connectivity index (χ2v) is 11.2. The molecule has 0 aliphatic carbocycles. The molecule has 0 aromatic carbocycles. The van der Waals surface area contributed by atoms with Crippen LogP contribution in [0.3, 0.4) is 0 Å². The number of hydrogen-bond donors (Lipinski definition) is 1. The van der Waals surface area contributed by atoms with Crippen molar-refractivity contribution < 1.29 is 4.74 Å². The van der Waals surface area contributed by atoms with Gasteiger partial charge in [-0.15, -0.1) is 32.9 Å². The number of aryl methyl sites for hydroxylation is 2. The number of fused-ring (bicyclic) bond motifs is 1. The zero-order valence-corrected chi connectivity index (χ0v) is 20.0. The van der Waals surface area contributed by atoms with Gasteiger partial charge in [-0.1, -0.05) is 17.8 Å². The van der Waals surface area contributed by atoms with Crippen LogP contribution in [0.25, 0.3) is 20.9 Å². The van der Waals surface area contributed by atoms with Crippen LogP contribution in [0, 0.1) is 13.8 Å². The Kier molecular flexibility index (Phi) is 5.72. The van der Waals surface area contributed by atoms with Crippen LogP contribution in [-0.4, -0.2) is 37.4 Å². The number of aromatic nitrogens is 5. The normalized spacial score (nSPS) is 17.6. The standard InChI is InChI=1S/C21H23N5O2S3/c1-11-12(2)30-20-16(11)19(27)22-17(23-20)13(3)31-21-25-24-18(15-7-5-9-29-15)26(21)10-14-6-4-8-28-14/h5,7,9,13-14H,4,6,8,10H2,1-3H3,(H,22,23,27). The summed E-state index contributed by atoms with van der Waals surface area (Å²) in [5, 5.41) is 12.5. The zero-order chi connectivity index (χ0) is 21.5. The van der Waals surface area contributed by atoms with Crippen molar-refractivity contribution in [3.63, 3.8) is 0 Å². The molecule has 0 amide bonds. The second kappa shape index (κ2) is 8.50. The Balaban J connectivity index is 1.48. The van der Waals surface area contributed by atoms with Gasteiger partial charge in [0.15, 0.2) is 11.0 Å². The van der Waals surface area contributed by atoms with Gasteiger partial charge < -0.3 is 9.72 Å². The van der Waals surface area contributed by atoms with Gasteiger partial charge in [0.1, 0.15) is 10.7 Å². The summed E-state index contributed by atoms with van der Waals surface area (Å²) < 4.78 is 8.03. The lowest BCUT2D eigenvalue weighted by atomic mass is 10.2. The van der Waals surface area contributed by atoms with Gasteiger partial charge in [0.05, 0.1) is 28.2 Å². The molecule has 7 nitrogen and oxygen atoms in total. The third kappa shape index (κ3) is 3.97. The average Bonchev–Trinajstić information content (AvgIpc) is 3.52. The molecule has 0 radical (unpaired) electrons. The highest BCUT2D eigenvalue weighted by atomic mass is 32.2. The van der Waals surface area contributed by atoms with E-state index in [9.17, 15) is 4.79 Å². The van der Waals surface area contributed by atoms with E-state index in [1.807, 2.05) is 32.2 Å². The molecule has 2 atom stereocenters. The lowest BCUT2D eigenvalue weighted by Crippen LogP contribution is -2.17. The maximum Gasteiger partial charge on any atom is 0.259 e. The first-order valence-electron chi connectivity index (χ1n) is 10.3. The summed E-state index contributed by atoms with van der Waals surface area (Å²) in [4.78, 5) is 23.5. The van der Waals surface area contributed by atoms with Gasteiger partial charge in [0.2, 0.25) is 0 Å². The molecule has 1 fully saturated rings. The highest BCUT2D eigenvalue weighted by Crippen LogP contribution is 2.36. The number of nitrogens with zero attached hydrogens (tertiary/aromatic N) is 4. The fourth-order valence-electron chi connectivity index (χ4n) is 3.80. The second-order valence-electron chi connectivity index (χ2n) is 7.70. The smallest absolute Gasteiger partial charge is 0.259 e.